The Morgan fingerprint density at radius 1 is 1.00 bits per heavy atom. The molecule has 0 unspecified atom stereocenters. The molecule has 0 saturated heterocycles. The molecule has 0 aliphatic carbocycles. The Labute approximate surface area is 209 Å². The molecular formula is C29H30F2N2O3. The van der Waals surface area contributed by atoms with Gasteiger partial charge >= 0.3 is 5.97 Å². The lowest BCUT2D eigenvalue weighted by molar-refractivity contribution is 0.0600. The fraction of sp³-hybridized carbons (Fsp3) is 0.241. The summed E-state index contributed by atoms with van der Waals surface area (Å²) >= 11 is 0. The van der Waals surface area contributed by atoms with Crippen LogP contribution in [0, 0.1) is 11.6 Å². The van der Waals surface area contributed by atoms with Crippen LogP contribution in [0.4, 0.5) is 8.78 Å². The fourth-order valence-corrected chi connectivity index (χ4v) is 4.18. The van der Waals surface area contributed by atoms with Gasteiger partial charge in [-0.3, -0.25) is 4.79 Å². The number of esters is 1. The van der Waals surface area contributed by atoms with Gasteiger partial charge in [-0.2, -0.15) is 0 Å². The quantitative estimate of drug-likeness (QED) is 0.250. The Morgan fingerprint density at radius 2 is 1.72 bits per heavy atom. The van der Waals surface area contributed by atoms with Crippen LogP contribution in [0.5, 0.6) is 0 Å². The first kappa shape index (κ1) is 26.8. The van der Waals surface area contributed by atoms with Gasteiger partial charge in [0, 0.05) is 29.7 Å². The van der Waals surface area contributed by atoms with Gasteiger partial charge in [0.1, 0.15) is 0 Å². The van der Waals surface area contributed by atoms with Gasteiger partial charge in [-0.1, -0.05) is 56.3 Å². The van der Waals surface area contributed by atoms with Crippen molar-refractivity contribution in [3.63, 3.8) is 0 Å². The molecule has 188 valence electrons. The molecule has 0 saturated carbocycles. The highest BCUT2D eigenvalue weighted by molar-refractivity contribution is 6.02. The summed E-state index contributed by atoms with van der Waals surface area (Å²) < 4.78 is 31.8. The molecule has 36 heavy (non-hydrogen) atoms. The van der Waals surface area contributed by atoms with Gasteiger partial charge in [-0.15, -0.1) is 0 Å². The molecule has 1 heterocycles. The Morgan fingerprint density at radius 3 is 2.31 bits per heavy atom. The van der Waals surface area contributed by atoms with E-state index in [0.717, 1.165) is 40.1 Å². The molecule has 0 spiro atoms. The van der Waals surface area contributed by atoms with Gasteiger partial charge < -0.3 is 14.6 Å². The van der Waals surface area contributed by atoms with Crippen LogP contribution in [-0.4, -0.2) is 31.0 Å². The van der Waals surface area contributed by atoms with Crippen LogP contribution >= 0.6 is 0 Å². The summed E-state index contributed by atoms with van der Waals surface area (Å²) in [6.07, 6.45) is 0.914. The van der Waals surface area contributed by atoms with Gasteiger partial charge in [-0.25, -0.2) is 13.6 Å². The minimum Gasteiger partial charge on any atom is -0.465 e. The molecule has 5 nitrogen and oxygen atoms in total. The predicted molar refractivity (Wildman–Crippen MR) is 137 cm³/mol. The molecule has 0 aliphatic rings. The molecule has 4 aromatic rings. The van der Waals surface area contributed by atoms with Crippen LogP contribution in [0.3, 0.4) is 0 Å². The maximum absolute atomic E-state index is 12.5. The number of rotatable bonds is 7. The van der Waals surface area contributed by atoms with Crippen LogP contribution < -0.4 is 5.32 Å². The summed E-state index contributed by atoms with van der Waals surface area (Å²) in [7, 11) is 3.12. The molecule has 4 rings (SSSR count). The van der Waals surface area contributed by atoms with Crippen molar-refractivity contribution in [3.05, 3.63) is 106 Å². The number of hydrogen-bond donors (Lipinski definition) is 1. The van der Waals surface area contributed by atoms with Crippen LogP contribution in [0.2, 0.25) is 0 Å². The van der Waals surface area contributed by atoms with E-state index in [0.29, 0.717) is 24.2 Å². The summed E-state index contributed by atoms with van der Waals surface area (Å²) in [5, 5.41) is 3.70. The molecule has 1 aromatic heterocycles. The van der Waals surface area contributed by atoms with E-state index in [4.69, 9.17) is 4.74 Å². The number of fused-ring (bicyclic) bond motifs is 1. The second kappa shape index (κ2) is 12.2. The molecule has 3 aromatic carbocycles. The maximum Gasteiger partial charge on any atom is 0.337 e. The molecule has 7 heteroatoms. The number of aromatic nitrogens is 1. The lowest BCUT2D eigenvalue weighted by Gasteiger charge is -2.14. The Balaban J connectivity index is 0.000000275. The lowest BCUT2D eigenvalue weighted by Crippen LogP contribution is -2.08. The number of hydrogen-bond acceptors (Lipinski definition) is 4. The highest BCUT2D eigenvalue weighted by Crippen LogP contribution is 2.32. The molecule has 0 radical (unpaired) electrons. The van der Waals surface area contributed by atoms with Crippen LogP contribution in [0.15, 0.2) is 66.7 Å². The summed E-state index contributed by atoms with van der Waals surface area (Å²) in [6.45, 7) is 5.34. The number of aldehydes is 1. The van der Waals surface area contributed by atoms with Gasteiger partial charge in [0.25, 0.3) is 0 Å². The monoisotopic (exact) mass is 492 g/mol. The number of nitrogens with zero attached hydrogens (tertiary/aromatic N) is 1. The van der Waals surface area contributed by atoms with E-state index in [1.54, 1.807) is 19.2 Å². The molecule has 0 aliphatic heterocycles. The van der Waals surface area contributed by atoms with Crippen molar-refractivity contribution < 1.29 is 23.1 Å². The van der Waals surface area contributed by atoms with Gasteiger partial charge in [0.15, 0.2) is 17.9 Å². The first-order chi connectivity index (χ1) is 17.3. The maximum atomic E-state index is 12.5. The number of benzene rings is 3. The summed E-state index contributed by atoms with van der Waals surface area (Å²) in [5.74, 6) is -1.80. The SMILES string of the molecule is CNCc1ccc(F)c(F)c1.COC(=O)c1ccc2c(C=O)c(C(C)C)n(Cc3ccccc3)c2c1. The third-order valence-electron chi connectivity index (χ3n) is 5.78. The zero-order valence-corrected chi connectivity index (χ0v) is 20.8. The van der Waals surface area contributed by atoms with Crippen molar-refractivity contribution in [2.75, 3.05) is 14.2 Å². The average Bonchev–Trinajstić information content (AvgIpc) is 3.19. The Hall–Kier alpha value is -3.84. The van der Waals surface area contributed by atoms with Crippen LogP contribution in [0.1, 0.15) is 57.3 Å². The topological polar surface area (TPSA) is 60.3 Å². The van der Waals surface area contributed by atoms with E-state index < -0.39 is 11.6 Å². The van der Waals surface area contributed by atoms with E-state index in [2.05, 4.69) is 35.9 Å². The molecule has 0 bridgehead atoms. The third-order valence-corrected chi connectivity index (χ3v) is 5.78. The van der Waals surface area contributed by atoms with Crippen molar-refractivity contribution in [1.82, 2.24) is 9.88 Å². The second-order valence-corrected chi connectivity index (χ2v) is 8.65. The number of carbonyl (C=O) groups is 2. The zero-order valence-electron chi connectivity index (χ0n) is 20.8. The number of carbonyl (C=O) groups excluding carboxylic acids is 2. The summed E-state index contributed by atoms with van der Waals surface area (Å²) in [5.41, 5.74) is 4.91. The lowest BCUT2D eigenvalue weighted by atomic mass is 10.0. The molecule has 1 N–H and O–H groups in total. The Kier molecular flexibility index (Phi) is 9.08. The highest BCUT2D eigenvalue weighted by atomic mass is 19.2. The van der Waals surface area contributed by atoms with Gasteiger partial charge in [-0.05, 0) is 48.4 Å². The van der Waals surface area contributed by atoms with E-state index in [9.17, 15) is 18.4 Å². The summed E-state index contributed by atoms with van der Waals surface area (Å²) in [6, 6.07) is 19.3. The van der Waals surface area contributed by atoms with E-state index in [1.165, 1.54) is 13.2 Å². The number of methoxy groups -OCH3 is 1. The fourth-order valence-electron chi connectivity index (χ4n) is 4.18. The third kappa shape index (κ3) is 6.04. The average molecular weight is 493 g/mol. The van der Waals surface area contributed by atoms with Crippen molar-refractivity contribution in [3.8, 4) is 0 Å². The predicted octanol–water partition coefficient (Wildman–Crippen LogP) is 6.10. The van der Waals surface area contributed by atoms with E-state index >= 15 is 0 Å². The van der Waals surface area contributed by atoms with Crippen molar-refractivity contribution in [2.45, 2.75) is 32.9 Å². The molecular weight excluding hydrogens is 462 g/mol. The van der Waals surface area contributed by atoms with Crippen LogP contribution in [0.25, 0.3) is 10.9 Å². The largest absolute Gasteiger partial charge is 0.465 e. The zero-order chi connectivity index (χ0) is 26.2. The van der Waals surface area contributed by atoms with Crippen molar-refractivity contribution in [2.24, 2.45) is 0 Å². The van der Waals surface area contributed by atoms with Crippen molar-refractivity contribution >= 4 is 23.2 Å². The first-order valence-corrected chi connectivity index (χ1v) is 11.6. The number of ether oxygens (including phenoxy) is 1. The molecule has 0 amide bonds. The minimum absolute atomic E-state index is 0.179. The van der Waals surface area contributed by atoms with Crippen LogP contribution in [-0.2, 0) is 17.8 Å². The number of nitrogens with one attached hydrogen (secondary N) is 1. The Bertz CT molecular complexity index is 1350. The van der Waals surface area contributed by atoms with Crippen molar-refractivity contribution in [1.29, 1.82) is 0 Å². The normalized spacial score (nSPS) is 10.8. The number of halogens is 2. The van der Waals surface area contributed by atoms with Gasteiger partial charge in [0.05, 0.1) is 18.2 Å². The smallest absolute Gasteiger partial charge is 0.337 e. The standard InChI is InChI=1S/C21H21NO3.C8H9F2N/c1-14(2)20-18(13-23)17-10-9-16(21(24)25-3)11-19(17)22(20)12-15-7-5-4-6-8-15;1-11-5-6-2-3-7(9)8(10)4-6/h4-11,13-14H,12H2,1-3H3;2-4,11H,5H2,1H3. The van der Waals surface area contributed by atoms with Gasteiger partial charge in [0.2, 0.25) is 0 Å². The van der Waals surface area contributed by atoms with E-state index in [1.807, 2.05) is 30.3 Å². The highest BCUT2D eigenvalue weighted by Gasteiger charge is 2.20. The first-order valence-electron chi connectivity index (χ1n) is 11.6. The molecule has 0 atom stereocenters. The minimum atomic E-state index is -0.801. The van der Waals surface area contributed by atoms with E-state index in [-0.39, 0.29) is 11.9 Å². The second-order valence-electron chi connectivity index (χ2n) is 8.65. The molecule has 0 fully saturated rings. The summed E-state index contributed by atoms with van der Waals surface area (Å²) in [4.78, 5) is 23.7.